The van der Waals surface area contributed by atoms with Crippen molar-refractivity contribution in [2.45, 2.75) is 50.3 Å². The van der Waals surface area contributed by atoms with Gasteiger partial charge in [-0.2, -0.15) is 0 Å². The Kier molecular flexibility index (Phi) is 6.51. The van der Waals surface area contributed by atoms with E-state index in [1.165, 1.54) is 6.07 Å². The Bertz CT molecular complexity index is 973. The highest BCUT2D eigenvalue weighted by molar-refractivity contribution is 6.30. The number of aliphatic hydroxyl groups is 1. The summed E-state index contributed by atoms with van der Waals surface area (Å²) in [6, 6.07) is 10.7. The van der Waals surface area contributed by atoms with E-state index in [1.807, 2.05) is 12.1 Å². The van der Waals surface area contributed by atoms with Crippen molar-refractivity contribution in [2.24, 2.45) is 0 Å². The summed E-state index contributed by atoms with van der Waals surface area (Å²) in [4.78, 5) is 12.9. The van der Waals surface area contributed by atoms with Crippen molar-refractivity contribution in [3.05, 3.63) is 74.5 Å². The minimum absolute atomic E-state index is 0.206. The van der Waals surface area contributed by atoms with Gasteiger partial charge in [0.25, 0.3) is 5.69 Å². The third kappa shape index (κ3) is 4.79. The van der Waals surface area contributed by atoms with Crippen molar-refractivity contribution in [1.29, 1.82) is 0 Å². The molecule has 2 aromatic carbocycles. The van der Waals surface area contributed by atoms with Crippen molar-refractivity contribution in [3.8, 4) is 0 Å². The van der Waals surface area contributed by atoms with Gasteiger partial charge in [-0.15, -0.1) is 0 Å². The molecule has 32 heavy (non-hydrogen) atoms. The molecule has 0 atom stereocenters. The number of halogens is 2. The van der Waals surface area contributed by atoms with E-state index < -0.39 is 28.4 Å². The summed E-state index contributed by atoms with van der Waals surface area (Å²) in [5, 5.41) is 22.9. The number of benzene rings is 2. The molecule has 4 rings (SSSR count). The van der Waals surface area contributed by atoms with Crippen molar-refractivity contribution < 1.29 is 23.9 Å². The van der Waals surface area contributed by atoms with Crippen LogP contribution in [0.2, 0.25) is 5.02 Å². The van der Waals surface area contributed by atoms with Gasteiger partial charge in [-0.3, -0.25) is 10.1 Å². The number of hydrogen-bond acceptors (Lipinski definition) is 6. The van der Waals surface area contributed by atoms with Gasteiger partial charge in [0, 0.05) is 18.1 Å². The average molecular weight is 465 g/mol. The molecule has 0 radical (unpaired) electrons. The number of likely N-dealkylation sites (tertiary alicyclic amines) is 1. The molecule has 0 aliphatic carbocycles. The van der Waals surface area contributed by atoms with Gasteiger partial charge in [0.1, 0.15) is 5.82 Å². The lowest BCUT2D eigenvalue weighted by Crippen LogP contribution is -2.49. The number of ether oxygens (including phenoxy) is 2. The average Bonchev–Trinajstić information content (AvgIpc) is 2.74. The lowest BCUT2D eigenvalue weighted by atomic mass is 9.84. The minimum atomic E-state index is -1.25. The smallest absolute Gasteiger partial charge is 0.280 e. The number of nitro benzene ring substituents is 1. The highest BCUT2D eigenvalue weighted by Gasteiger charge is 2.47. The standard InChI is InChI=1S/C23H26ClFN2O5/c1-22(19-9-8-18(25)15-20(19)27(29)30)31-21(32-22)3-2-12-26-13-10-23(28,11-14-26)16-4-6-17(24)7-5-16/h4-9,15,21,28H,2-3,10-14H2,1H3. The summed E-state index contributed by atoms with van der Waals surface area (Å²) in [6.07, 6.45) is 2.31. The largest absolute Gasteiger partial charge is 0.385 e. The zero-order valence-electron chi connectivity index (χ0n) is 17.8. The Labute approximate surface area is 190 Å². The molecule has 0 amide bonds. The number of nitro groups is 1. The lowest BCUT2D eigenvalue weighted by Gasteiger charge is -2.45. The first kappa shape index (κ1) is 23.1. The van der Waals surface area contributed by atoms with Gasteiger partial charge in [-0.05, 0) is 69.0 Å². The normalized spacial score (nSPS) is 25.3. The van der Waals surface area contributed by atoms with Gasteiger partial charge in [0.15, 0.2) is 6.29 Å². The van der Waals surface area contributed by atoms with Crippen molar-refractivity contribution >= 4 is 17.3 Å². The predicted molar refractivity (Wildman–Crippen MR) is 117 cm³/mol. The van der Waals surface area contributed by atoms with Gasteiger partial charge in [-0.25, -0.2) is 4.39 Å². The van der Waals surface area contributed by atoms with Gasteiger partial charge in [-0.1, -0.05) is 23.7 Å². The second kappa shape index (κ2) is 9.03. The fraction of sp³-hybridized carbons (Fsp3) is 0.478. The zero-order chi connectivity index (χ0) is 22.9. The fourth-order valence-electron chi connectivity index (χ4n) is 4.47. The van der Waals surface area contributed by atoms with Gasteiger partial charge in [0.05, 0.1) is 22.2 Å². The Morgan fingerprint density at radius 3 is 2.50 bits per heavy atom. The molecular formula is C23H26ClFN2O5. The predicted octanol–water partition coefficient (Wildman–Crippen LogP) is 4.70. The first-order chi connectivity index (χ1) is 15.2. The third-order valence-electron chi connectivity index (χ3n) is 6.34. The van der Waals surface area contributed by atoms with Crippen LogP contribution >= 0.6 is 11.6 Å². The van der Waals surface area contributed by atoms with Gasteiger partial charge in [0.2, 0.25) is 5.79 Å². The molecule has 0 bridgehead atoms. The first-order valence-corrected chi connectivity index (χ1v) is 11.1. The first-order valence-electron chi connectivity index (χ1n) is 10.7. The van der Waals surface area contributed by atoms with Crippen LogP contribution in [-0.4, -0.2) is 40.9 Å². The van der Waals surface area contributed by atoms with E-state index in [0.717, 1.165) is 43.8 Å². The van der Waals surface area contributed by atoms with Crippen LogP contribution < -0.4 is 0 Å². The maximum atomic E-state index is 13.4. The second-order valence-electron chi connectivity index (χ2n) is 8.55. The monoisotopic (exact) mass is 464 g/mol. The van der Waals surface area contributed by atoms with Gasteiger partial charge < -0.3 is 19.5 Å². The van der Waals surface area contributed by atoms with Crippen LogP contribution in [0.4, 0.5) is 10.1 Å². The molecule has 9 heteroatoms. The van der Waals surface area contributed by atoms with Crippen molar-refractivity contribution in [3.63, 3.8) is 0 Å². The maximum Gasteiger partial charge on any atom is 0.280 e. The number of hydrogen-bond donors (Lipinski definition) is 1. The van der Waals surface area contributed by atoms with Crippen molar-refractivity contribution in [1.82, 2.24) is 4.90 Å². The molecule has 0 spiro atoms. The summed E-state index contributed by atoms with van der Waals surface area (Å²) >= 11 is 5.94. The molecule has 172 valence electrons. The van der Waals surface area contributed by atoms with E-state index in [1.54, 1.807) is 19.1 Å². The van der Waals surface area contributed by atoms with E-state index in [-0.39, 0.29) is 11.3 Å². The van der Waals surface area contributed by atoms with E-state index in [9.17, 15) is 19.6 Å². The molecule has 0 saturated carbocycles. The van der Waals surface area contributed by atoms with E-state index >= 15 is 0 Å². The van der Waals surface area contributed by atoms with Crippen molar-refractivity contribution in [2.75, 3.05) is 19.6 Å². The van der Waals surface area contributed by atoms with Crippen LogP contribution in [0.5, 0.6) is 0 Å². The van der Waals surface area contributed by atoms with Crippen LogP contribution in [0.25, 0.3) is 0 Å². The Balaban J connectivity index is 1.23. The summed E-state index contributed by atoms with van der Waals surface area (Å²) < 4.78 is 25.0. The zero-order valence-corrected chi connectivity index (χ0v) is 18.6. The summed E-state index contributed by atoms with van der Waals surface area (Å²) in [5.74, 6) is -1.93. The molecule has 2 heterocycles. The molecule has 2 aliphatic heterocycles. The van der Waals surface area contributed by atoms with E-state index in [0.29, 0.717) is 24.3 Å². The number of rotatable bonds is 7. The molecule has 2 fully saturated rings. The third-order valence-corrected chi connectivity index (χ3v) is 6.59. The number of piperidine rings is 1. The van der Waals surface area contributed by atoms with E-state index in [2.05, 4.69) is 4.90 Å². The van der Waals surface area contributed by atoms with Crippen LogP contribution in [0.1, 0.15) is 43.7 Å². The highest BCUT2D eigenvalue weighted by Crippen LogP contribution is 2.44. The van der Waals surface area contributed by atoms with Crippen LogP contribution in [0.3, 0.4) is 0 Å². The SMILES string of the molecule is CC1(c2ccc(F)cc2[N+](=O)[O-])OC(CCCN2CCC(O)(c3ccc(Cl)cc3)CC2)O1. The van der Waals surface area contributed by atoms with Crippen LogP contribution in [0, 0.1) is 15.9 Å². The summed E-state index contributed by atoms with van der Waals surface area (Å²) in [5.41, 5.74) is -0.0791. The molecule has 0 aromatic heterocycles. The molecule has 2 saturated heterocycles. The van der Waals surface area contributed by atoms with Crippen LogP contribution in [-0.2, 0) is 20.9 Å². The Hall–Kier alpha value is -2.10. The summed E-state index contributed by atoms with van der Waals surface area (Å²) in [7, 11) is 0. The lowest BCUT2D eigenvalue weighted by molar-refractivity contribution is -0.461. The maximum absolute atomic E-state index is 13.4. The molecule has 7 nitrogen and oxygen atoms in total. The van der Waals surface area contributed by atoms with Crippen LogP contribution in [0.15, 0.2) is 42.5 Å². The van der Waals surface area contributed by atoms with E-state index in [4.69, 9.17) is 21.1 Å². The molecular weight excluding hydrogens is 439 g/mol. The summed E-state index contributed by atoms with van der Waals surface area (Å²) in [6.45, 7) is 4.01. The fourth-order valence-corrected chi connectivity index (χ4v) is 4.60. The van der Waals surface area contributed by atoms with Gasteiger partial charge >= 0.3 is 0 Å². The minimum Gasteiger partial charge on any atom is -0.385 e. The Morgan fingerprint density at radius 1 is 1.22 bits per heavy atom. The highest BCUT2D eigenvalue weighted by atomic mass is 35.5. The second-order valence-corrected chi connectivity index (χ2v) is 8.99. The number of nitrogens with zero attached hydrogens (tertiary/aromatic N) is 2. The quantitative estimate of drug-likeness (QED) is 0.472. The topological polar surface area (TPSA) is 85.1 Å². The Morgan fingerprint density at radius 2 is 1.88 bits per heavy atom. The molecule has 0 unspecified atom stereocenters. The molecule has 2 aliphatic rings. The molecule has 1 N–H and O–H groups in total. The molecule has 2 aromatic rings.